The fourth-order valence-corrected chi connectivity index (χ4v) is 4.45. The first kappa shape index (κ1) is 19.8. The van der Waals surface area contributed by atoms with Crippen molar-refractivity contribution in [2.45, 2.75) is 25.7 Å². The molecule has 0 spiro atoms. The number of aromatic nitrogens is 2. The summed E-state index contributed by atoms with van der Waals surface area (Å²) >= 11 is 6.11. The number of halogens is 1. The van der Waals surface area contributed by atoms with Crippen molar-refractivity contribution >= 4 is 23.2 Å². The van der Waals surface area contributed by atoms with E-state index >= 15 is 0 Å². The fraction of sp³-hybridized carbons (Fsp3) is 0.231. The highest BCUT2D eigenvalue weighted by Gasteiger charge is 2.20. The third-order valence-electron chi connectivity index (χ3n) is 5.98. The van der Waals surface area contributed by atoms with E-state index in [1.54, 1.807) is 0 Å². The number of benzene rings is 2. The Bertz CT molecular complexity index is 1210. The molecule has 1 amide bonds. The van der Waals surface area contributed by atoms with Gasteiger partial charge in [-0.05, 0) is 54.7 Å². The number of hydrogen-bond donors (Lipinski definition) is 0. The zero-order chi connectivity index (χ0) is 21.2. The van der Waals surface area contributed by atoms with E-state index < -0.39 is 0 Å². The minimum Gasteiger partial charge on any atom is -0.343 e. The number of imidazole rings is 1. The van der Waals surface area contributed by atoms with Crippen LogP contribution in [-0.2, 0) is 11.2 Å². The lowest BCUT2D eigenvalue weighted by Crippen LogP contribution is -2.27. The van der Waals surface area contributed by atoms with E-state index in [4.69, 9.17) is 16.6 Å². The van der Waals surface area contributed by atoms with Gasteiger partial charge in [0.1, 0.15) is 5.65 Å². The summed E-state index contributed by atoms with van der Waals surface area (Å²) in [6, 6.07) is 22.2. The molecule has 1 aliphatic heterocycles. The first-order valence-corrected chi connectivity index (χ1v) is 11.2. The van der Waals surface area contributed by atoms with Gasteiger partial charge in [-0.25, -0.2) is 4.98 Å². The molecule has 2 aromatic carbocycles. The van der Waals surface area contributed by atoms with E-state index in [1.807, 2.05) is 53.4 Å². The molecule has 3 heterocycles. The van der Waals surface area contributed by atoms with Gasteiger partial charge in [0.2, 0.25) is 5.91 Å². The van der Waals surface area contributed by atoms with Gasteiger partial charge in [0.05, 0.1) is 11.4 Å². The van der Waals surface area contributed by atoms with Crippen molar-refractivity contribution in [3.63, 3.8) is 0 Å². The summed E-state index contributed by atoms with van der Waals surface area (Å²) in [5, 5.41) is 0.699. The third-order valence-corrected chi connectivity index (χ3v) is 6.23. The van der Waals surface area contributed by atoms with Crippen molar-refractivity contribution in [1.82, 2.24) is 14.3 Å². The summed E-state index contributed by atoms with van der Waals surface area (Å²) in [4.78, 5) is 19.6. The average molecular weight is 430 g/mol. The Labute approximate surface area is 187 Å². The van der Waals surface area contributed by atoms with E-state index in [-0.39, 0.29) is 5.91 Å². The highest BCUT2D eigenvalue weighted by atomic mass is 35.5. The second kappa shape index (κ2) is 8.56. The summed E-state index contributed by atoms with van der Waals surface area (Å²) in [6.07, 6.45) is 5.49. The number of carbonyl (C=O) groups is 1. The second-order valence-electron chi connectivity index (χ2n) is 8.01. The molecule has 5 rings (SSSR count). The SMILES string of the molecule is O=C(CCc1c(-c2ccc(Cl)cc2)nc2ccc(-c3ccccc3)cn12)N1CCCC1. The Balaban J connectivity index is 1.56. The van der Waals surface area contributed by atoms with Crippen LogP contribution >= 0.6 is 11.6 Å². The highest BCUT2D eigenvalue weighted by Crippen LogP contribution is 2.29. The summed E-state index contributed by atoms with van der Waals surface area (Å²) in [7, 11) is 0. The minimum absolute atomic E-state index is 0.230. The highest BCUT2D eigenvalue weighted by molar-refractivity contribution is 6.30. The van der Waals surface area contributed by atoms with Crippen LogP contribution in [-0.4, -0.2) is 33.3 Å². The number of fused-ring (bicyclic) bond motifs is 1. The van der Waals surface area contributed by atoms with Gasteiger partial charge < -0.3 is 9.30 Å². The van der Waals surface area contributed by atoms with E-state index in [2.05, 4.69) is 28.8 Å². The Morgan fingerprint density at radius 3 is 2.32 bits per heavy atom. The van der Waals surface area contributed by atoms with Crippen molar-refractivity contribution in [3.05, 3.63) is 83.6 Å². The maximum absolute atomic E-state index is 12.7. The fourth-order valence-electron chi connectivity index (χ4n) is 4.32. The molecule has 1 saturated heterocycles. The topological polar surface area (TPSA) is 37.6 Å². The Kier molecular flexibility index (Phi) is 5.47. The molecule has 0 unspecified atom stereocenters. The first-order chi connectivity index (χ1) is 15.2. The van der Waals surface area contributed by atoms with Crippen molar-refractivity contribution in [1.29, 1.82) is 0 Å². The number of carbonyl (C=O) groups excluding carboxylic acids is 1. The van der Waals surface area contributed by atoms with Crippen molar-refractivity contribution < 1.29 is 4.79 Å². The molecular formula is C26H24ClN3O. The molecule has 5 heteroatoms. The number of amides is 1. The zero-order valence-electron chi connectivity index (χ0n) is 17.3. The predicted octanol–water partition coefficient (Wildman–Crippen LogP) is 5.88. The molecule has 31 heavy (non-hydrogen) atoms. The number of hydrogen-bond acceptors (Lipinski definition) is 2. The van der Waals surface area contributed by atoms with Crippen LogP contribution in [0.1, 0.15) is 25.0 Å². The van der Waals surface area contributed by atoms with Crippen molar-refractivity contribution in [2.75, 3.05) is 13.1 Å². The van der Waals surface area contributed by atoms with E-state index in [1.165, 1.54) is 0 Å². The molecule has 0 atom stereocenters. The van der Waals surface area contributed by atoms with Gasteiger partial charge in [-0.15, -0.1) is 0 Å². The smallest absolute Gasteiger partial charge is 0.222 e. The molecule has 2 aromatic heterocycles. The van der Waals surface area contributed by atoms with Gasteiger partial charge in [0.15, 0.2) is 0 Å². The predicted molar refractivity (Wildman–Crippen MR) is 125 cm³/mol. The van der Waals surface area contributed by atoms with Gasteiger partial charge in [-0.2, -0.15) is 0 Å². The lowest BCUT2D eigenvalue weighted by molar-refractivity contribution is -0.130. The Morgan fingerprint density at radius 1 is 0.871 bits per heavy atom. The van der Waals surface area contributed by atoms with Crippen LogP contribution in [0.15, 0.2) is 72.9 Å². The number of aryl methyl sites for hydroxylation is 1. The molecule has 4 nitrogen and oxygen atoms in total. The van der Waals surface area contributed by atoms with E-state index in [0.29, 0.717) is 17.9 Å². The molecule has 0 saturated carbocycles. The van der Waals surface area contributed by atoms with Gasteiger partial charge in [0.25, 0.3) is 0 Å². The molecule has 4 aromatic rings. The van der Waals surface area contributed by atoms with Crippen LogP contribution in [0.25, 0.3) is 28.0 Å². The van der Waals surface area contributed by atoms with E-state index in [0.717, 1.165) is 59.7 Å². The average Bonchev–Trinajstić information content (AvgIpc) is 3.47. The van der Waals surface area contributed by atoms with Crippen LogP contribution < -0.4 is 0 Å². The Hall–Kier alpha value is -3.11. The Morgan fingerprint density at radius 2 is 1.58 bits per heavy atom. The van der Waals surface area contributed by atoms with Crippen LogP contribution in [0.3, 0.4) is 0 Å². The summed E-state index contributed by atoms with van der Waals surface area (Å²) in [5.74, 6) is 0.230. The molecule has 1 fully saturated rings. The molecule has 1 aliphatic rings. The van der Waals surface area contributed by atoms with Gasteiger partial charge in [0, 0.05) is 36.3 Å². The van der Waals surface area contributed by atoms with Crippen molar-refractivity contribution in [2.24, 2.45) is 0 Å². The second-order valence-corrected chi connectivity index (χ2v) is 8.45. The van der Waals surface area contributed by atoms with Gasteiger partial charge >= 0.3 is 0 Å². The summed E-state index contributed by atoms with van der Waals surface area (Å²) in [6.45, 7) is 1.77. The molecule has 0 N–H and O–H groups in total. The van der Waals surface area contributed by atoms with Crippen LogP contribution in [0, 0.1) is 0 Å². The summed E-state index contributed by atoms with van der Waals surface area (Å²) < 4.78 is 2.14. The molecule has 0 radical (unpaired) electrons. The maximum atomic E-state index is 12.7. The zero-order valence-corrected chi connectivity index (χ0v) is 18.1. The van der Waals surface area contributed by atoms with Gasteiger partial charge in [-0.3, -0.25) is 4.79 Å². The maximum Gasteiger partial charge on any atom is 0.222 e. The summed E-state index contributed by atoms with van der Waals surface area (Å²) in [5.41, 5.74) is 6.15. The number of likely N-dealkylation sites (tertiary alicyclic amines) is 1. The van der Waals surface area contributed by atoms with Crippen LogP contribution in [0.4, 0.5) is 0 Å². The molecule has 0 aliphatic carbocycles. The molecule has 156 valence electrons. The molecular weight excluding hydrogens is 406 g/mol. The number of nitrogens with zero attached hydrogens (tertiary/aromatic N) is 3. The normalized spacial score (nSPS) is 13.8. The minimum atomic E-state index is 0.230. The standard InChI is InChI=1S/C26H24ClN3O/c27-22-11-8-20(9-12-22)26-23(13-15-25(31)29-16-4-5-17-29)30-18-21(10-14-24(30)28-26)19-6-2-1-3-7-19/h1-3,6-12,14,18H,4-5,13,15-17H2. The van der Waals surface area contributed by atoms with Gasteiger partial charge in [-0.1, -0.05) is 54.1 Å². The van der Waals surface area contributed by atoms with Crippen LogP contribution in [0.2, 0.25) is 5.02 Å². The van der Waals surface area contributed by atoms with E-state index in [9.17, 15) is 4.79 Å². The number of pyridine rings is 1. The number of rotatable bonds is 5. The first-order valence-electron chi connectivity index (χ1n) is 10.8. The largest absolute Gasteiger partial charge is 0.343 e. The monoisotopic (exact) mass is 429 g/mol. The lowest BCUT2D eigenvalue weighted by atomic mass is 10.1. The quantitative estimate of drug-likeness (QED) is 0.397. The van der Waals surface area contributed by atoms with Crippen molar-refractivity contribution in [3.8, 4) is 22.4 Å². The van der Waals surface area contributed by atoms with Crippen LogP contribution in [0.5, 0.6) is 0 Å². The lowest BCUT2D eigenvalue weighted by Gasteiger charge is -2.15. The molecule has 0 bridgehead atoms. The third kappa shape index (κ3) is 4.08.